The van der Waals surface area contributed by atoms with Crippen LogP contribution < -0.4 is 0 Å². The molecule has 1 aromatic carbocycles. The van der Waals surface area contributed by atoms with Crippen LogP contribution in [0.4, 0.5) is 0 Å². The number of carboxylic acid groups (broad SMARTS) is 1. The minimum atomic E-state index is -1.16. The number of rotatable bonds is 3. The minimum absolute atomic E-state index is 0.150. The van der Waals surface area contributed by atoms with Gasteiger partial charge in [0.1, 0.15) is 5.69 Å². The van der Waals surface area contributed by atoms with Crippen LogP contribution in [0.1, 0.15) is 27.9 Å². The van der Waals surface area contributed by atoms with Gasteiger partial charge in [-0.3, -0.25) is 4.79 Å². The van der Waals surface area contributed by atoms with E-state index in [2.05, 4.69) is 21.0 Å². The number of benzene rings is 1. The smallest absolute Gasteiger partial charge is 0.356 e. The molecular weight excluding hydrogens is 300 g/mol. The predicted molar refractivity (Wildman–Crippen MR) is 68.2 cm³/mol. The summed E-state index contributed by atoms with van der Waals surface area (Å²) in [6.45, 7) is 1.37. The Morgan fingerprint density at radius 3 is 2.39 bits per heavy atom. The van der Waals surface area contributed by atoms with Crippen molar-refractivity contribution in [3.63, 3.8) is 0 Å². The van der Waals surface area contributed by atoms with Gasteiger partial charge < -0.3 is 5.11 Å². The SMILES string of the molecule is CC(=O)c1cc(C(=O)O)nn1-c1ccc(Br)cc1. The lowest BCUT2D eigenvalue weighted by Gasteiger charge is -2.04. The summed E-state index contributed by atoms with van der Waals surface area (Å²) in [6.07, 6.45) is 0. The van der Waals surface area contributed by atoms with Crippen molar-refractivity contribution < 1.29 is 14.7 Å². The van der Waals surface area contributed by atoms with Crippen molar-refractivity contribution in [3.05, 3.63) is 46.2 Å². The van der Waals surface area contributed by atoms with E-state index in [-0.39, 0.29) is 17.2 Å². The molecule has 1 aromatic heterocycles. The summed E-state index contributed by atoms with van der Waals surface area (Å²) in [7, 11) is 0. The number of halogens is 1. The summed E-state index contributed by atoms with van der Waals surface area (Å²) < 4.78 is 2.22. The highest BCUT2D eigenvalue weighted by Crippen LogP contribution is 2.17. The van der Waals surface area contributed by atoms with Gasteiger partial charge in [0.15, 0.2) is 11.5 Å². The monoisotopic (exact) mass is 308 g/mol. The van der Waals surface area contributed by atoms with Gasteiger partial charge in [0.05, 0.1) is 5.69 Å². The summed E-state index contributed by atoms with van der Waals surface area (Å²) in [4.78, 5) is 22.4. The molecule has 2 rings (SSSR count). The molecule has 6 heteroatoms. The quantitative estimate of drug-likeness (QED) is 0.884. The number of Topliss-reactive ketones (excluding diaryl/α,β-unsaturated/α-hetero) is 1. The molecule has 18 heavy (non-hydrogen) atoms. The molecule has 5 nitrogen and oxygen atoms in total. The third-order valence-corrected chi connectivity index (χ3v) is 2.89. The fourth-order valence-corrected chi connectivity index (χ4v) is 1.78. The first-order valence-corrected chi connectivity index (χ1v) is 5.88. The molecule has 1 heterocycles. The molecule has 0 aliphatic rings. The van der Waals surface area contributed by atoms with Crippen molar-refractivity contribution in [1.82, 2.24) is 9.78 Å². The Morgan fingerprint density at radius 2 is 1.89 bits per heavy atom. The maximum atomic E-state index is 11.5. The van der Waals surface area contributed by atoms with Crippen LogP contribution in [0.15, 0.2) is 34.8 Å². The van der Waals surface area contributed by atoms with Crippen LogP contribution in [0, 0.1) is 0 Å². The molecule has 0 amide bonds. The van der Waals surface area contributed by atoms with Crippen molar-refractivity contribution in [1.29, 1.82) is 0 Å². The number of aromatic nitrogens is 2. The highest BCUT2D eigenvalue weighted by molar-refractivity contribution is 9.10. The Balaban J connectivity index is 2.58. The van der Waals surface area contributed by atoms with Crippen LogP contribution in [-0.4, -0.2) is 26.6 Å². The third-order valence-electron chi connectivity index (χ3n) is 2.36. The second-order valence-corrected chi connectivity index (χ2v) is 4.58. The van der Waals surface area contributed by atoms with Gasteiger partial charge in [0.2, 0.25) is 0 Å². The first kappa shape index (κ1) is 12.5. The van der Waals surface area contributed by atoms with E-state index in [4.69, 9.17) is 5.11 Å². The van der Waals surface area contributed by atoms with E-state index in [1.807, 2.05) is 0 Å². The molecule has 0 saturated carbocycles. The van der Waals surface area contributed by atoms with E-state index in [0.717, 1.165) is 4.47 Å². The van der Waals surface area contributed by atoms with Gasteiger partial charge >= 0.3 is 5.97 Å². The Bertz CT molecular complexity index is 617. The zero-order valence-corrected chi connectivity index (χ0v) is 11.0. The number of carbonyl (C=O) groups is 2. The van der Waals surface area contributed by atoms with Crippen molar-refractivity contribution in [2.45, 2.75) is 6.92 Å². The standard InChI is InChI=1S/C12H9BrN2O3/c1-7(16)11-6-10(12(17)18)14-15(11)9-4-2-8(13)3-5-9/h2-6H,1H3,(H,17,18). The van der Waals surface area contributed by atoms with E-state index in [1.165, 1.54) is 17.7 Å². The van der Waals surface area contributed by atoms with E-state index >= 15 is 0 Å². The van der Waals surface area contributed by atoms with Crippen LogP contribution in [0.2, 0.25) is 0 Å². The van der Waals surface area contributed by atoms with Gasteiger partial charge in [-0.2, -0.15) is 5.10 Å². The first-order valence-electron chi connectivity index (χ1n) is 5.09. The number of ketones is 1. The molecule has 2 aromatic rings. The van der Waals surface area contributed by atoms with Gasteiger partial charge in [0.25, 0.3) is 0 Å². The summed E-state index contributed by atoms with van der Waals surface area (Å²) in [5.41, 5.74) is 0.730. The Morgan fingerprint density at radius 1 is 1.28 bits per heavy atom. The number of carbonyl (C=O) groups excluding carboxylic acids is 1. The van der Waals surface area contributed by atoms with Crippen molar-refractivity contribution in [2.75, 3.05) is 0 Å². The van der Waals surface area contributed by atoms with Crippen molar-refractivity contribution >= 4 is 27.7 Å². The lowest BCUT2D eigenvalue weighted by Crippen LogP contribution is -2.06. The highest BCUT2D eigenvalue weighted by Gasteiger charge is 2.17. The number of carboxylic acids is 1. The number of hydrogen-bond donors (Lipinski definition) is 1. The normalized spacial score (nSPS) is 10.3. The largest absolute Gasteiger partial charge is 0.476 e. The van der Waals surface area contributed by atoms with Crippen molar-refractivity contribution in [2.24, 2.45) is 0 Å². The van der Waals surface area contributed by atoms with Crippen molar-refractivity contribution in [3.8, 4) is 5.69 Å². The first-order chi connectivity index (χ1) is 8.49. The molecule has 0 fully saturated rings. The van der Waals surface area contributed by atoms with Gasteiger partial charge in [-0.05, 0) is 24.3 Å². The third kappa shape index (κ3) is 2.33. The molecule has 0 bridgehead atoms. The van der Waals surface area contributed by atoms with Gasteiger partial charge in [-0.25, -0.2) is 9.48 Å². The lowest BCUT2D eigenvalue weighted by molar-refractivity contribution is 0.0690. The molecular formula is C12H9BrN2O3. The lowest BCUT2D eigenvalue weighted by atomic mass is 10.2. The van der Waals surface area contributed by atoms with E-state index in [0.29, 0.717) is 5.69 Å². The average molecular weight is 309 g/mol. The zero-order valence-electron chi connectivity index (χ0n) is 9.42. The van der Waals surface area contributed by atoms with Crippen LogP contribution >= 0.6 is 15.9 Å². The summed E-state index contributed by atoms with van der Waals surface area (Å²) in [5, 5.41) is 12.8. The number of hydrogen-bond acceptors (Lipinski definition) is 3. The molecule has 0 aliphatic carbocycles. The topological polar surface area (TPSA) is 72.2 Å². The molecule has 1 N–H and O–H groups in total. The molecule has 0 unspecified atom stereocenters. The highest BCUT2D eigenvalue weighted by atomic mass is 79.9. The Hall–Kier alpha value is -1.95. The van der Waals surface area contributed by atoms with E-state index in [1.54, 1.807) is 24.3 Å². The fourth-order valence-electron chi connectivity index (χ4n) is 1.52. The molecule has 92 valence electrons. The van der Waals surface area contributed by atoms with Gasteiger partial charge in [-0.15, -0.1) is 0 Å². The summed E-state index contributed by atoms with van der Waals surface area (Å²) in [6, 6.07) is 8.35. The van der Waals surface area contributed by atoms with Crippen LogP contribution in [-0.2, 0) is 0 Å². The zero-order chi connectivity index (χ0) is 13.3. The maximum absolute atomic E-state index is 11.5. The number of nitrogens with zero attached hydrogens (tertiary/aromatic N) is 2. The predicted octanol–water partition coefficient (Wildman–Crippen LogP) is 2.54. The van der Waals surface area contributed by atoms with Crippen LogP contribution in [0.5, 0.6) is 0 Å². The number of aromatic carboxylic acids is 1. The van der Waals surface area contributed by atoms with Gasteiger partial charge in [-0.1, -0.05) is 15.9 Å². The average Bonchev–Trinajstić information content (AvgIpc) is 2.75. The Labute approximate surface area is 111 Å². The molecule has 0 saturated heterocycles. The Kier molecular flexibility index (Phi) is 3.29. The molecule has 0 atom stereocenters. The maximum Gasteiger partial charge on any atom is 0.356 e. The second kappa shape index (κ2) is 4.73. The van der Waals surface area contributed by atoms with E-state index < -0.39 is 5.97 Å². The minimum Gasteiger partial charge on any atom is -0.476 e. The fraction of sp³-hybridized carbons (Fsp3) is 0.0833. The van der Waals surface area contributed by atoms with Crippen LogP contribution in [0.3, 0.4) is 0 Å². The summed E-state index contributed by atoms with van der Waals surface area (Å²) >= 11 is 3.30. The molecule has 0 radical (unpaired) electrons. The molecule has 0 spiro atoms. The van der Waals surface area contributed by atoms with E-state index in [9.17, 15) is 9.59 Å². The van der Waals surface area contributed by atoms with Crippen LogP contribution in [0.25, 0.3) is 5.69 Å². The molecule has 0 aliphatic heterocycles. The second-order valence-electron chi connectivity index (χ2n) is 3.66. The summed E-state index contributed by atoms with van der Waals surface area (Å²) in [5.74, 6) is -1.40. The van der Waals surface area contributed by atoms with Gasteiger partial charge in [0, 0.05) is 17.5 Å².